The number of carbonyl (C=O) groups is 1. The fraction of sp³-hybridized carbons (Fsp3) is 0.316. The Morgan fingerprint density at radius 1 is 1.27 bits per heavy atom. The molecule has 3 heterocycles. The van der Waals surface area contributed by atoms with E-state index in [9.17, 15) is 9.18 Å². The fourth-order valence-corrected chi connectivity index (χ4v) is 3.38. The summed E-state index contributed by atoms with van der Waals surface area (Å²) in [5.74, 6) is -0.434. The van der Waals surface area contributed by atoms with Crippen molar-refractivity contribution >= 4 is 5.91 Å². The van der Waals surface area contributed by atoms with Gasteiger partial charge in [-0.25, -0.2) is 4.39 Å². The largest absolute Gasteiger partial charge is 0.332 e. The van der Waals surface area contributed by atoms with Crippen LogP contribution in [0.2, 0.25) is 0 Å². The summed E-state index contributed by atoms with van der Waals surface area (Å²) >= 11 is 0. The molecule has 0 unspecified atom stereocenters. The maximum Gasteiger partial charge on any atom is 0.274 e. The third kappa shape index (κ3) is 2.89. The number of nitrogens with one attached hydrogen (secondary N) is 2. The second kappa shape index (κ2) is 6.74. The summed E-state index contributed by atoms with van der Waals surface area (Å²) in [6, 6.07) is 8.37. The normalized spacial score (nSPS) is 13.7. The Morgan fingerprint density at radius 2 is 2.12 bits per heavy atom. The van der Waals surface area contributed by atoms with Crippen LogP contribution in [0.3, 0.4) is 0 Å². The molecule has 2 aromatic heterocycles. The average Bonchev–Trinajstić information content (AvgIpc) is 3.28. The van der Waals surface area contributed by atoms with Crippen LogP contribution in [0.5, 0.6) is 0 Å². The number of rotatable bonds is 4. The summed E-state index contributed by atoms with van der Waals surface area (Å²) in [6.07, 6.45) is 2.52. The van der Waals surface area contributed by atoms with Gasteiger partial charge in [-0.3, -0.25) is 15.0 Å². The minimum absolute atomic E-state index is 0.116. The fourth-order valence-electron chi connectivity index (χ4n) is 3.38. The van der Waals surface area contributed by atoms with Gasteiger partial charge in [-0.2, -0.15) is 10.2 Å². The van der Waals surface area contributed by atoms with Crippen molar-refractivity contribution in [2.24, 2.45) is 0 Å². The van der Waals surface area contributed by atoms with Crippen molar-refractivity contribution in [3.05, 3.63) is 58.8 Å². The number of aromatic nitrogens is 4. The predicted molar refractivity (Wildman–Crippen MR) is 95.0 cm³/mol. The van der Waals surface area contributed by atoms with Crippen molar-refractivity contribution in [1.29, 1.82) is 0 Å². The van der Waals surface area contributed by atoms with Gasteiger partial charge in [-0.05, 0) is 24.6 Å². The molecule has 3 aromatic rings. The van der Waals surface area contributed by atoms with Crippen molar-refractivity contribution in [1.82, 2.24) is 25.3 Å². The van der Waals surface area contributed by atoms with Gasteiger partial charge in [0.15, 0.2) is 0 Å². The topological polar surface area (TPSA) is 77.7 Å². The van der Waals surface area contributed by atoms with Crippen LogP contribution < -0.4 is 0 Å². The third-order valence-corrected chi connectivity index (χ3v) is 4.72. The van der Waals surface area contributed by atoms with Gasteiger partial charge < -0.3 is 4.90 Å². The molecule has 4 rings (SSSR count). The third-order valence-electron chi connectivity index (χ3n) is 4.72. The molecule has 6 nitrogen and oxygen atoms in total. The van der Waals surface area contributed by atoms with Crippen molar-refractivity contribution in [3.63, 3.8) is 0 Å². The number of hydrogen-bond donors (Lipinski definition) is 2. The molecule has 1 aromatic carbocycles. The van der Waals surface area contributed by atoms with Crippen molar-refractivity contribution in [2.75, 3.05) is 6.54 Å². The Balaban J connectivity index is 1.60. The lowest BCUT2D eigenvalue weighted by molar-refractivity contribution is 0.0728. The molecular weight excluding hydrogens is 333 g/mol. The maximum absolute atomic E-state index is 14.2. The van der Waals surface area contributed by atoms with Crippen LogP contribution in [0.15, 0.2) is 30.3 Å². The minimum atomic E-state index is -0.318. The predicted octanol–water partition coefficient (Wildman–Crippen LogP) is 3.09. The van der Waals surface area contributed by atoms with Gasteiger partial charge in [-0.15, -0.1) is 0 Å². The summed E-state index contributed by atoms with van der Waals surface area (Å²) in [5.41, 5.74) is 4.24. The number of hydrogen-bond acceptors (Lipinski definition) is 3. The summed E-state index contributed by atoms with van der Waals surface area (Å²) in [4.78, 5) is 14.5. The van der Waals surface area contributed by atoms with Crippen LogP contribution in [0.25, 0.3) is 11.3 Å². The number of H-pyrrole nitrogens is 2. The lowest BCUT2D eigenvalue weighted by Gasteiger charge is -2.26. The van der Waals surface area contributed by atoms with E-state index in [1.165, 1.54) is 6.07 Å². The van der Waals surface area contributed by atoms with E-state index >= 15 is 0 Å². The Hall–Kier alpha value is -2.96. The molecule has 0 bridgehead atoms. The number of benzene rings is 1. The zero-order chi connectivity index (χ0) is 18.1. The van der Waals surface area contributed by atoms with Crippen LogP contribution in [-0.4, -0.2) is 37.7 Å². The van der Waals surface area contributed by atoms with Crippen LogP contribution in [0, 0.1) is 5.82 Å². The lowest BCUT2D eigenvalue weighted by atomic mass is 10.0. The lowest BCUT2D eigenvalue weighted by Crippen LogP contribution is -2.36. The summed E-state index contributed by atoms with van der Waals surface area (Å²) in [5, 5.41) is 14.4. The average molecular weight is 353 g/mol. The highest BCUT2D eigenvalue weighted by molar-refractivity contribution is 5.92. The number of fused-ring (bicyclic) bond motifs is 1. The molecule has 0 radical (unpaired) electrons. The first-order valence-corrected chi connectivity index (χ1v) is 8.82. The molecule has 0 spiro atoms. The number of nitrogens with zero attached hydrogens (tertiary/aromatic N) is 3. The van der Waals surface area contributed by atoms with E-state index < -0.39 is 0 Å². The first-order valence-electron chi connectivity index (χ1n) is 8.82. The van der Waals surface area contributed by atoms with Gasteiger partial charge in [0.05, 0.1) is 6.54 Å². The Labute approximate surface area is 150 Å². The Bertz CT molecular complexity index is 945. The molecule has 1 aliphatic rings. The van der Waals surface area contributed by atoms with E-state index in [1.807, 2.05) is 6.07 Å². The smallest absolute Gasteiger partial charge is 0.274 e. The molecule has 7 heteroatoms. The molecule has 1 aliphatic heterocycles. The zero-order valence-electron chi connectivity index (χ0n) is 14.6. The highest BCUT2D eigenvalue weighted by Gasteiger charge is 2.28. The van der Waals surface area contributed by atoms with Gasteiger partial charge in [-0.1, -0.05) is 25.5 Å². The Kier molecular flexibility index (Phi) is 4.28. The molecular formula is C19H20FN5O. The van der Waals surface area contributed by atoms with Gasteiger partial charge in [0.2, 0.25) is 0 Å². The highest BCUT2D eigenvalue weighted by atomic mass is 19.1. The second-order valence-corrected chi connectivity index (χ2v) is 6.51. The van der Waals surface area contributed by atoms with E-state index in [0.717, 1.165) is 29.8 Å². The van der Waals surface area contributed by atoms with E-state index in [2.05, 4.69) is 27.3 Å². The zero-order valence-corrected chi connectivity index (χ0v) is 14.6. The molecule has 2 N–H and O–H groups in total. The van der Waals surface area contributed by atoms with Gasteiger partial charge in [0.25, 0.3) is 5.91 Å². The number of halogens is 1. The SMILES string of the molecule is CCCc1cc(C(=O)N2CCc3[nH]nc(-c4ccccc4F)c3C2)n[nH]1. The first-order chi connectivity index (χ1) is 12.7. The van der Waals surface area contributed by atoms with Crippen LogP contribution >= 0.6 is 0 Å². The molecule has 26 heavy (non-hydrogen) atoms. The van der Waals surface area contributed by atoms with Crippen molar-refractivity contribution in [2.45, 2.75) is 32.7 Å². The molecule has 0 fully saturated rings. The molecule has 0 atom stereocenters. The minimum Gasteiger partial charge on any atom is -0.332 e. The molecule has 1 amide bonds. The summed E-state index contributed by atoms with van der Waals surface area (Å²) in [7, 11) is 0. The number of carbonyl (C=O) groups excluding carboxylic acids is 1. The maximum atomic E-state index is 14.2. The van der Waals surface area contributed by atoms with Crippen LogP contribution in [0.4, 0.5) is 4.39 Å². The number of aromatic amines is 2. The monoisotopic (exact) mass is 353 g/mol. The van der Waals surface area contributed by atoms with E-state index in [4.69, 9.17) is 0 Å². The highest BCUT2D eigenvalue weighted by Crippen LogP contribution is 2.30. The second-order valence-electron chi connectivity index (χ2n) is 6.51. The van der Waals surface area contributed by atoms with E-state index in [-0.39, 0.29) is 11.7 Å². The van der Waals surface area contributed by atoms with Gasteiger partial charge in [0, 0.05) is 35.5 Å². The van der Waals surface area contributed by atoms with Crippen LogP contribution in [-0.2, 0) is 19.4 Å². The van der Waals surface area contributed by atoms with E-state index in [1.54, 1.807) is 23.1 Å². The molecule has 0 aliphatic carbocycles. The standard InChI is InChI=1S/C19H20FN5O/c1-2-5-12-10-17(23-21-12)19(26)25-9-8-16-14(11-25)18(24-22-16)13-6-3-4-7-15(13)20/h3-4,6-7,10H,2,5,8-9,11H2,1H3,(H,21,23)(H,22,24). The van der Waals surface area contributed by atoms with E-state index in [0.29, 0.717) is 36.5 Å². The first kappa shape index (κ1) is 16.5. The molecule has 0 saturated heterocycles. The van der Waals surface area contributed by atoms with Crippen molar-refractivity contribution in [3.8, 4) is 11.3 Å². The van der Waals surface area contributed by atoms with Crippen molar-refractivity contribution < 1.29 is 9.18 Å². The van der Waals surface area contributed by atoms with Crippen LogP contribution in [0.1, 0.15) is 40.8 Å². The summed E-state index contributed by atoms with van der Waals surface area (Å²) < 4.78 is 14.2. The molecule has 134 valence electrons. The van der Waals surface area contributed by atoms with Gasteiger partial charge >= 0.3 is 0 Å². The Morgan fingerprint density at radius 3 is 2.92 bits per heavy atom. The number of aryl methyl sites for hydroxylation is 1. The quantitative estimate of drug-likeness (QED) is 0.757. The number of amides is 1. The summed E-state index contributed by atoms with van der Waals surface area (Å²) in [6.45, 7) is 3.06. The van der Waals surface area contributed by atoms with Gasteiger partial charge in [0.1, 0.15) is 17.2 Å². The molecule has 0 saturated carbocycles.